The first-order valence-corrected chi connectivity index (χ1v) is 4.67. The summed E-state index contributed by atoms with van der Waals surface area (Å²) >= 11 is 0. The smallest absolute Gasteiger partial charge is 0.128 e. The predicted octanol–water partition coefficient (Wildman–Crippen LogP) is 2.38. The molecule has 12 heavy (non-hydrogen) atoms. The third-order valence-corrected chi connectivity index (χ3v) is 1.87. The molecule has 0 unspecified atom stereocenters. The molecular formula is C10H16N2. The number of hydrogen-bond donors (Lipinski definition) is 0. The van der Waals surface area contributed by atoms with Gasteiger partial charge in [-0.1, -0.05) is 20.3 Å². The molecule has 0 radical (unpaired) electrons. The maximum atomic E-state index is 4.42. The van der Waals surface area contributed by atoms with Gasteiger partial charge in [-0.05, 0) is 18.9 Å². The van der Waals surface area contributed by atoms with Crippen molar-refractivity contribution in [1.82, 2.24) is 9.97 Å². The van der Waals surface area contributed by atoms with Crippen LogP contribution in [0.4, 0.5) is 0 Å². The van der Waals surface area contributed by atoms with E-state index in [1.165, 1.54) is 18.5 Å². The first-order valence-electron chi connectivity index (χ1n) is 4.67. The van der Waals surface area contributed by atoms with Gasteiger partial charge in [-0.25, -0.2) is 9.97 Å². The van der Waals surface area contributed by atoms with Crippen molar-refractivity contribution in [2.75, 3.05) is 0 Å². The van der Waals surface area contributed by atoms with Crippen LogP contribution in [0.1, 0.15) is 38.2 Å². The summed E-state index contributed by atoms with van der Waals surface area (Å²) in [6.45, 7) is 4.28. The molecule has 0 saturated carbocycles. The SMILES string of the molecule is CCCCc1ccnc(CC)n1. The molecular weight excluding hydrogens is 148 g/mol. The maximum absolute atomic E-state index is 4.42. The van der Waals surface area contributed by atoms with E-state index in [-0.39, 0.29) is 0 Å². The van der Waals surface area contributed by atoms with Gasteiger partial charge in [0.15, 0.2) is 0 Å². The number of aryl methyl sites for hydroxylation is 2. The van der Waals surface area contributed by atoms with Crippen molar-refractivity contribution in [2.45, 2.75) is 39.5 Å². The normalized spacial score (nSPS) is 10.2. The van der Waals surface area contributed by atoms with E-state index in [1.807, 2.05) is 12.3 Å². The summed E-state index contributed by atoms with van der Waals surface area (Å²) in [4.78, 5) is 8.57. The average Bonchev–Trinajstić information content (AvgIpc) is 2.15. The Morgan fingerprint density at radius 1 is 1.33 bits per heavy atom. The van der Waals surface area contributed by atoms with Crippen LogP contribution < -0.4 is 0 Å². The Morgan fingerprint density at radius 3 is 2.83 bits per heavy atom. The molecule has 0 aliphatic carbocycles. The molecule has 0 atom stereocenters. The zero-order chi connectivity index (χ0) is 8.81. The standard InChI is InChI=1S/C10H16N2/c1-3-5-6-9-7-8-11-10(4-2)12-9/h7-8H,3-6H2,1-2H3. The third-order valence-electron chi connectivity index (χ3n) is 1.87. The minimum atomic E-state index is 0.931. The highest BCUT2D eigenvalue weighted by Gasteiger charge is 1.95. The van der Waals surface area contributed by atoms with Crippen LogP contribution in [0, 0.1) is 0 Å². The van der Waals surface area contributed by atoms with E-state index in [4.69, 9.17) is 0 Å². The lowest BCUT2D eigenvalue weighted by atomic mass is 10.2. The van der Waals surface area contributed by atoms with E-state index in [9.17, 15) is 0 Å². The Labute approximate surface area is 74.1 Å². The van der Waals surface area contributed by atoms with Gasteiger partial charge in [-0.15, -0.1) is 0 Å². The van der Waals surface area contributed by atoms with E-state index in [0.29, 0.717) is 0 Å². The summed E-state index contributed by atoms with van der Waals surface area (Å²) in [5.41, 5.74) is 1.18. The summed E-state index contributed by atoms with van der Waals surface area (Å²) in [6.07, 6.45) is 6.33. The van der Waals surface area contributed by atoms with Crippen molar-refractivity contribution in [2.24, 2.45) is 0 Å². The summed E-state index contributed by atoms with van der Waals surface area (Å²) in [5.74, 6) is 0.962. The quantitative estimate of drug-likeness (QED) is 0.682. The Bertz CT molecular complexity index is 233. The van der Waals surface area contributed by atoms with E-state index in [2.05, 4.69) is 23.8 Å². The van der Waals surface area contributed by atoms with Crippen molar-refractivity contribution in [3.63, 3.8) is 0 Å². The van der Waals surface area contributed by atoms with Gasteiger partial charge in [0.05, 0.1) is 0 Å². The first-order chi connectivity index (χ1) is 5.86. The number of unbranched alkanes of at least 4 members (excludes halogenated alkanes) is 1. The van der Waals surface area contributed by atoms with Crippen LogP contribution in [0.2, 0.25) is 0 Å². The van der Waals surface area contributed by atoms with Crippen LogP contribution in [0.25, 0.3) is 0 Å². The third kappa shape index (κ3) is 2.61. The van der Waals surface area contributed by atoms with Gasteiger partial charge < -0.3 is 0 Å². The summed E-state index contributed by atoms with van der Waals surface area (Å²) in [6, 6.07) is 2.01. The number of hydrogen-bond acceptors (Lipinski definition) is 2. The molecule has 0 bridgehead atoms. The Kier molecular flexibility index (Phi) is 3.71. The molecule has 1 rings (SSSR count). The molecule has 2 heteroatoms. The first kappa shape index (κ1) is 9.17. The van der Waals surface area contributed by atoms with E-state index >= 15 is 0 Å². The second kappa shape index (κ2) is 4.86. The van der Waals surface area contributed by atoms with Crippen LogP contribution in [-0.2, 0) is 12.8 Å². The predicted molar refractivity (Wildman–Crippen MR) is 50.0 cm³/mol. The van der Waals surface area contributed by atoms with Crippen LogP contribution in [0.3, 0.4) is 0 Å². The topological polar surface area (TPSA) is 25.8 Å². The fourth-order valence-electron chi connectivity index (χ4n) is 1.11. The van der Waals surface area contributed by atoms with Gasteiger partial charge in [-0.3, -0.25) is 0 Å². The second-order valence-corrected chi connectivity index (χ2v) is 2.92. The van der Waals surface area contributed by atoms with E-state index in [0.717, 1.165) is 18.7 Å². The lowest BCUT2D eigenvalue weighted by molar-refractivity contribution is 0.761. The molecule has 0 fully saturated rings. The number of nitrogens with zero attached hydrogens (tertiary/aromatic N) is 2. The summed E-state index contributed by atoms with van der Waals surface area (Å²) in [7, 11) is 0. The van der Waals surface area contributed by atoms with Crippen LogP contribution in [0.5, 0.6) is 0 Å². The molecule has 0 amide bonds. The molecule has 2 nitrogen and oxygen atoms in total. The summed E-state index contributed by atoms with van der Waals surface area (Å²) in [5, 5.41) is 0. The fraction of sp³-hybridized carbons (Fsp3) is 0.600. The molecule has 66 valence electrons. The molecule has 0 aliphatic rings. The number of rotatable bonds is 4. The van der Waals surface area contributed by atoms with Crippen LogP contribution in [0.15, 0.2) is 12.3 Å². The molecule has 1 aromatic rings. The minimum Gasteiger partial charge on any atom is -0.241 e. The molecule has 0 spiro atoms. The molecule has 1 heterocycles. The minimum absolute atomic E-state index is 0.931. The molecule has 0 aliphatic heterocycles. The van der Waals surface area contributed by atoms with Crippen molar-refractivity contribution in [3.05, 3.63) is 23.8 Å². The van der Waals surface area contributed by atoms with Gasteiger partial charge in [0.2, 0.25) is 0 Å². The summed E-state index contributed by atoms with van der Waals surface area (Å²) < 4.78 is 0. The zero-order valence-corrected chi connectivity index (χ0v) is 7.88. The molecule has 1 aromatic heterocycles. The lowest BCUT2D eigenvalue weighted by Gasteiger charge is -2.00. The molecule has 0 N–H and O–H groups in total. The average molecular weight is 164 g/mol. The molecule has 0 saturated heterocycles. The van der Waals surface area contributed by atoms with E-state index in [1.54, 1.807) is 0 Å². The highest BCUT2D eigenvalue weighted by Crippen LogP contribution is 2.01. The van der Waals surface area contributed by atoms with Crippen molar-refractivity contribution in [1.29, 1.82) is 0 Å². The Balaban J connectivity index is 2.60. The van der Waals surface area contributed by atoms with Crippen molar-refractivity contribution < 1.29 is 0 Å². The highest BCUT2D eigenvalue weighted by molar-refractivity contribution is 5.02. The van der Waals surface area contributed by atoms with Gasteiger partial charge in [0.25, 0.3) is 0 Å². The van der Waals surface area contributed by atoms with Gasteiger partial charge in [0.1, 0.15) is 5.82 Å². The largest absolute Gasteiger partial charge is 0.241 e. The van der Waals surface area contributed by atoms with Crippen LogP contribution in [-0.4, -0.2) is 9.97 Å². The fourth-order valence-corrected chi connectivity index (χ4v) is 1.11. The van der Waals surface area contributed by atoms with Crippen molar-refractivity contribution in [3.8, 4) is 0 Å². The monoisotopic (exact) mass is 164 g/mol. The Hall–Kier alpha value is -0.920. The van der Waals surface area contributed by atoms with E-state index < -0.39 is 0 Å². The lowest BCUT2D eigenvalue weighted by Crippen LogP contribution is -1.97. The van der Waals surface area contributed by atoms with Crippen molar-refractivity contribution >= 4 is 0 Å². The zero-order valence-electron chi connectivity index (χ0n) is 7.88. The van der Waals surface area contributed by atoms with Gasteiger partial charge >= 0.3 is 0 Å². The molecule has 0 aromatic carbocycles. The van der Waals surface area contributed by atoms with Gasteiger partial charge in [-0.2, -0.15) is 0 Å². The van der Waals surface area contributed by atoms with Gasteiger partial charge in [0, 0.05) is 18.3 Å². The second-order valence-electron chi connectivity index (χ2n) is 2.92. The Morgan fingerprint density at radius 2 is 2.17 bits per heavy atom. The van der Waals surface area contributed by atoms with Crippen LogP contribution >= 0.6 is 0 Å². The number of aromatic nitrogens is 2. The maximum Gasteiger partial charge on any atom is 0.128 e. The highest BCUT2D eigenvalue weighted by atomic mass is 14.9.